The first-order valence-electron chi connectivity index (χ1n) is 6.59. The molecule has 0 aromatic heterocycles. The molecule has 1 saturated heterocycles. The van der Waals surface area contributed by atoms with Gasteiger partial charge in [0.25, 0.3) is 5.92 Å². The monoisotopic (exact) mass is 293 g/mol. The van der Waals surface area contributed by atoms with Crippen molar-refractivity contribution in [2.24, 2.45) is 0 Å². The maximum Gasteiger partial charge on any atom is 0.410 e. The van der Waals surface area contributed by atoms with Gasteiger partial charge in [-0.15, -0.1) is 0 Å². The number of aliphatic carboxylic acids is 1. The molecule has 0 radical (unpaired) electrons. The molecule has 1 aliphatic rings. The van der Waals surface area contributed by atoms with E-state index in [-0.39, 0.29) is 25.7 Å². The van der Waals surface area contributed by atoms with Crippen LogP contribution in [0.25, 0.3) is 0 Å². The second kappa shape index (κ2) is 5.93. The molecule has 7 heteroatoms. The Morgan fingerprint density at radius 1 is 1.40 bits per heavy atom. The normalized spacial score (nSPS) is 22.4. The molecular weight excluding hydrogens is 272 g/mol. The zero-order valence-electron chi connectivity index (χ0n) is 12.0. The molecule has 0 unspecified atom stereocenters. The van der Waals surface area contributed by atoms with Gasteiger partial charge in [-0.2, -0.15) is 0 Å². The van der Waals surface area contributed by atoms with Crippen LogP contribution in [0, 0.1) is 0 Å². The molecule has 20 heavy (non-hydrogen) atoms. The van der Waals surface area contributed by atoms with Gasteiger partial charge in [0.15, 0.2) is 0 Å². The molecule has 5 nitrogen and oxygen atoms in total. The molecule has 1 amide bonds. The SMILES string of the molecule is CC(C)(C)OC(=O)N1CC(F)(F)CC[C@@H]1CCC(=O)O. The number of amides is 1. The van der Waals surface area contributed by atoms with Crippen LogP contribution < -0.4 is 0 Å². The lowest BCUT2D eigenvalue weighted by atomic mass is 9.96. The van der Waals surface area contributed by atoms with Crippen LogP contribution in [0.4, 0.5) is 13.6 Å². The summed E-state index contributed by atoms with van der Waals surface area (Å²) in [7, 11) is 0. The first kappa shape index (κ1) is 16.7. The van der Waals surface area contributed by atoms with Gasteiger partial charge in [-0.05, 0) is 33.6 Å². The average Bonchev–Trinajstić information content (AvgIpc) is 2.23. The summed E-state index contributed by atoms with van der Waals surface area (Å²) in [6, 6.07) is -0.513. The minimum atomic E-state index is -2.95. The Kier molecular flexibility index (Phi) is 4.94. The second-order valence-corrected chi connectivity index (χ2v) is 6.09. The summed E-state index contributed by atoms with van der Waals surface area (Å²) in [4.78, 5) is 23.5. The number of ether oxygens (including phenoxy) is 1. The van der Waals surface area contributed by atoms with Crippen molar-refractivity contribution in [1.82, 2.24) is 4.90 Å². The number of rotatable bonds is 3. The molecule has 0 bridgehead atoms. The van der Waals surface area contributed by atoms with Gasteiger partial charge in [-0.25, -0.2) is 13.6 Å². The number of likely N-dealkylation sites (tertiary alicyclic amines) is 1. The third-order valence-corrected chi connectivity index (χ3v) is 3.01. The van der Waals surface area contributed by atoms with Crippen molar-refractivity contribution in [3.63, 3.8) is 0 Å². The van der Waals surface area contributed by atoms with E-state index in [2.05, 4.69) is 0 Å². The minimum absolute atomic E-state index is 0.0829. The Morgan fingerprint density at radius 3 is 2.50 bits per heavy atom. The number of carbonyl (C=O) groups excluding carboxylic acids is 1. The lowest BCUT2D eigenvalue weighted by molar-refractivity contribution is -0.138. The van der Waals surface area contributed by atoms with Crippen molar-refractivity contribution in [2.75, 3.05) is 6.54 Å². The standard InChI is InChI=1S/C13H21F2NO4/c1-12(2,3)20-11(19)16-8-13(14,15)7-6-9(16)4-5-10(17)18/h9H,4-8H2,1-3H3,(H,17,18)/t9-/m0/s1. The van der Waals surface area contributed by atoms with Crippen LogP contribution in [0.1, 0.15) is 46.5 Å². The quantitative estimate of drug-likeness (QED) is 0.869. The van der Waals surface area contributed by atoms with Crippen molar-refractivity contribution in [3.05, 3.63) is 0 Å². The van der Waals surface area contributed by atoms with Gasteiger partial charge in [0.1, 0.15) is 5.60 Å². The molecule has 0 saturated carbocycles. The third kappa shape index (κ3) is 5.30. The number of alkyl halides is 2. The van der Waals surface area contributed by atoms with Gasteiger partial charge in [0.05, 0.1) is 6.54 Å². The molecule has 0 aliphatic carbocycles. The number of halogens is 2. The van der Waals surface area contributed by atoms with Gasteiger partial charge in [0, 0.05) is 18.9 Å². The summed E-state index contributed by atoms with van der Waals surface area (Å²) >= 11 is 0. The predicted octanol–water partition coefficient (Wildman–Crippen LogP) is 2.89. The van der Waals surface area contributed by atoms with Crippen molar-refractivity contribution >= 4 is 12.1 Å². The number of hydrogen-bond acceptors (Lipinski definition) is 3. The largest absolute Gasteiger partial charge is 0.481 e. The van der Waals surface area contributed by atoms with E-state index in [0.717, 1.165) is 4.90 Å². The van der Waals surface area contributed by atoms with E-state index in [1.807, 2.05) is 0 Å². The molecule has 0 aromatic rings. The number of carbonyl (C=O) groups is 2. The second-order valence-electron chi connectivity index (χ2n) is 6.09. The summed E-state index contributed by atoms with van der Waals surface area (Å²) in [6.07, 6.45) is -1.07. The highest BCUT2D eigenvalue weighted by atomic mass is 19.3. The molecule has 0 spiro atoms. The molecule has 1 rings (SSSR count). The van der Waals surface area contributed by atoms with Crippen LogP contribution in [-0.4, -0.2) is 46.2 Å². The van der Waals surface area contributed by atoms with E-state index in [1.54, 1.807) is 20.8 Å². The summed E-state index contributed by atoms with van der Waals surface area (Å²) in [5.41, 5.74) is -0.777. The summed E-state index contributed by atoms with van der Waals surface area (Å²) in [6.45, 7) is 4.24. The highest BCUT2D eigenvalue weighted by Gasteiger charge is 2.43. The van der Waals surface area contributed by atoms with Gasteiger partial charge in [0.2, 0.25) is 0 Å². The molecule has 1 N–H and O–H groups in total. The Balaban J connectivity index is 2.76. The van der Waals surface area contributed by atoms with Crippen LogP contribution in [-0.2, 0) is 9.53 Å². The highest BCUT2D eigenvalue weighted by molar-refractivity contribution is 5.69. The van der Waals surface area contributed by atoms with E-state index in [4.69, 9.17) is 9.84 Å². The van der Waals surface area contributed by atoms with E-state index in [0.29, 0.717) is 0 Å². The fraction of sp³-hybridized carbons (Fsp3) is 0.846. The first-order chi connectivity index (χ1) is 9.00. The average molecular weight is 293 g/mol. The maximum absolute atomic E-state index is 13.5. The Hall–Kier alpha value is -1.40. The van der Waals surface area contributed by atoms with Crippen LogP contribution in [0.15, 0.2) is 0 Å². The Bertz CT molecular complexity index is 379. The van der Waals surface area contributed by atoms with Gasteiger partial charge < -0.3 is 9.84 Å². The van der Waals surface area contributed by atoms with E-state index < -0.39 is 36.2 Å². The van der Waals surface area contributed by atoms with E-state index in [1.165, 1.54) is 0 Å². The number of carboxylic acid groups (broad SMARTS) is 1. The number of hydrogen-bond donors (Lipinski definition) is 1. The summed E-state index contributed by atoms with van der Waals surface area (Å²) < 4.78 is 32.0. The van der Waals surface area contributed by atoms with Crippen molar-refractivity contribution in [2.45, 2.75) is 64.0 Å². The van der Waals surface area contributed by atoms with E-state index in [9.17, 15) is 18.4 Å². The third-order valence-electron chi connectivity index (χ3n) is 3.01. The number of carboxylic acids is 1. The van der Waals surface area contributed by atoms with Crippen molar-refractivity contribution < 1.29 is 28.2 Å². The lowest BCUT2D eigenvalue weighted by Crippen LogP contribution is -2.52. The number of piperidine rings is 1. The molecular formula is C13H21F2NO4. The first-order valence-corrected chi connectivity index (χ1v) is 6.59. The van der Waals surface area contributed by atoms with Crippen LogP contribution in [0.3, 0.4) is 0 Å². The zero-order chi connectivity index (χ0) is 15.6. The summed E-state index contributed by atoms with van der Waals surface area (Å²) in [5.74, 6) is -3.96. The smallest absolute Gasteiger partial charge is 0.410 e. The lowest BCUT2D eigenvalue weighted by Gasteiger charge is -2.39. The Labute approximate surface area is 116 Å². The minimum Gasteiger partial charge on any atom is -0.481 e. The van der Waals surface area contributed by atoms with Crippen molar-refractivity contribution in [3.8, 4) is 0 Å². The molecule has 1 aliphatic heterocycles. The van der Waals surface area contributed by atoms with Gasteiger partial charge in [-0.3, -0.25) is 9.69 Å². The van der Waals surface area contributed by atoms with Crippen LogP contribution in [0.2, 0.25) is 0 Å². The van der Waals surface area contributed by atoms with Crippen molar-refractivity contribution in [1.29, 1.82) is 0 Å². The van der Waals surface area contributed by atoms with Gasteiger partial charge in [-0.1, -0.05) is 0 Å². The molecule has 116 valence electrons. The number of nitrogens with zero attached hydrogens (tertiary/aromatic N) is 1. The fourth-order valence-electron chi connectivity index (χ4n) is 2.12. The van der Waals surface area contributed by atoms with Crippen LogP contribution >= 0.6 is 0 Å². The van der Waals surface area contributed by atoms with Crippen LogP contribution in [0.5, 0.6) is 0 Å². The molecule has 1 atom stereocenters. The van der Waals surface area contributed by atoms with E-state index >= 15 is 0 Å². The Morgan fingerprint density at radius 2 is 2.00 bits per heavy atom. The fourth-order valence-corrected chi connectivity index (χ4v) is 2.12. The molecule has 0 aromatic carbocycles. The molecule has 1 fully saturated rings. The zero-order valence-corrected chi connectivity index (χ0v) is 12.0. The van der Waals surface area contributed by atoms with Gasteiger partial charge >= 0.3 is 12.1 Å². The highest BCUT2D eigenvalue weighted by Crippen LogP contribution is 2.32. The topological polar surface area (TPSA) is 66.8 Å². The molecule has 1 heterocycles. The summed E-state index contributed by atoms with van der Waals surface area (Å²) in [5, 5.41) is 8.68. The maximum atomic E-state index is 13.5. The predicted molar refractivity (Wildman–Crippen MR) is 67.8 cm³/mol.